The molecule has 3 rings (SSSR count). The monoisotopic (exact) mass is 342 g/mol. The summed E-state index contributed by atoms with van der Waals surface area (Å²) in [5, 5.41) is 4.81. The number of aryl methyl sites for hydroxylation is 1. The maximum Gasteiger partial charge on any atom is 0.193 e. The Bertz CT molecular complexity index is 718. The van der Waals surface area contributed by atoms with Crippen molar-refractivity contribution in [2.45, 2.75) is 26.2 Å². The van der Waals surface area contributed by atoms with Gasteiger partial charge in [0.2, 0.25) is 0 Å². The van der Waals surface area contributed by atoms with Crippen molar-refractivity contribution in [3.05, 3.63) is 35.5 Å². The fraction of sp³-hybridized carbons (Fsp3) is 0.550. The van der Waals surface area contributed by atoms with E-state index in [0.717, 1.165) is 44.6 Å². The predicted molar refractivity (Wildman–Crippen MR) is 104 cm³/mol. The number of nitrogens with zero attached hydrogens (tertiary/aromatic N) is 2. The molecule has 1 heterocycles. The highest BCUT2D eigenvalue weighted by atomic mass is 16.5. The number of ether oxygens (including phenoxy) is 1. The molecule has 0 atom stereocenters. The van der Waals surface area contributed by atoms with Crippen molar-refractivity contribution in [3.8, 4) is 0 Å². The largest absolute Gasteiger partial charge is 0.379 e. The van der Waals surface area contributed by atoms with Gasteiger partial charge in [-0.05, 0) is 49.3 Å². The van der Waals surface area contributed by atoms with E-state index in [4.69, 9.17) is 4.74 Å². The number of fused-ring (bicyclic) bond motifs is 1. The van der Waals surface area contributed by atoms with Crippen molar-refractivity contribution >= 4 is 16.9 Å². The Labute approximate surface area is 150 Å². The van der Waals surface area contributed by atoms with Gasteiger partial charge in [0, 0.05) is 50.9 Å². The average Bonchev–Trinajstić information content (AvgIpc) is 3.34. The first kappa shape index (κ1) is 17.8. The summed E-state index contributed by atoms with van der Waals surface area (Å²) in [5.74, 6) is 1.74. The highest BCUT2D eigenvalue weighted by molar-refractivity contribution is 5.86. The highest BCUT2D eigenvalue weighted by Gasteiger charge is 2.21. The van der Waals surface area contributed by atoms with Crippen LogP contribution in [0, 0.1) is 12.8 Å². The SMILES string of the molecule is CN=C(NCCc1c[nH]c2cccc(C)c12)N(C)CCOCC1CC1. The Morgan fingerprint density at radius 2 is 2.24 bits per heavy atom. The van der Waals surface area contributed by atoms with Crippen LogP contribution in [0.5, 0.6) is 0 Å². The molecule has 0 spiro atoms. The van der Waals surface area contributed by atoms with Crippen molar-refractivity contribution in [1.29, 1.82) is 0 Å². The van der Waals surface area contributed by atoms with E-state index < -0.39 is 0 Å². The van der Waals surface area contributed by atoms with Gasteiger partial charge in [-0.25, -0.2) is 0 Å². The Balaban J connectivity index is 1.45. The van der Waals surface area contributed by atoms with Gasteiger partial charge in [0.05, 0.1) is 6.61 Å². The number of nitrogens with one attached hydrogen (secondary N) is 2. The number of benzene rings is 1. The second kappa shape index (κ2) is 8.39. The number of aliphatic imine (C=N–C) groups is 1. The van der Waals surface area contributed by atoms with Gasteiger partial charge in [0.15, 0.2) is 5.96 Å². The minimum absolute atomic E-state index is 0.759. The third-order valence-electron chi connectivity index (χ3n) is 4.87. The molecule has 136 valence electrons. The lowest BCUT2D eigenvalue weighted by molar-refractivity contribution is 0.115. The molecule has 0 saturated heterocycles. The molecule has 1 aromatic carbocycles. The molecule has 5 heteroatoms. The number of guanidine groups is 1. The number of hydrogen-bond acceptors (Lipinski definition) is 2. The van der Waals surface area contributed by atoms with Gasteiger partial charge in [0.1, 0.15) is 0 Å². The Morgan fingerprint density at radius 3 is 3.00 bits per heavy atom. The van der Waals surface area contributed by atoms with Gasteiger partial charge >= 0.3 is 0 Å². The number of likely N-dealkylation sites (N-methyl/N-ethyl adjacent to an activating group) is 1. The summed E-state index contributed by atoms with van der Waals surface area (Å²) in [7, 11) is 3.89. The van der Waals surface area contributed by atoms with Gasteiger partial charge in [-0.15, -0.1) is 0 Å². The fourth-order valence-corrected chi connectivity index (χ4v) is 3.18. The Kier molecular flexibility index (Phi) is 5.97. The maximum atomic E-state index is 5.72. The van der Waals surface area contributed by atoms with Crippen molar-refractivity contribution in [2.75, 3.05) is 40.4 Å². The summed E-state index contributed by atoms with van der Waals surface area (Å²) in [5.41, 5.74) is 3.89. The molecule has 1 fully saturated rings. The predicted octanol–water partition coefficient (Wildman–Crippen LogP) is 2.95. The van der Waals surface area contributed by atoms with Crippen LogP contribution in [0.4, 0.5) is 0 Å². The molecular formula is C20H30N4O. The lowest BCUT2D eigenvalue weighted by atomic mass is 10.1. The van der Waals surface area contributed by atoms with E-state index >= 15 is 0 Å². The molecule has 2 N–H and O–H groups in total. The Hall–Kier alpha value is -2.01. The van der Waals surface area contributed by atoms with Crippen molar-refractivity contribution in [2.24, 2.45) is 10.9 Å². The van der Waals surface area contributed by atoms with E-state index in [1.807, 2.05) is 7.05 Å². The first-order valence-electron chi connectivity index (χ1n) is 9.24. The fourth-order valence-electron chi connectivity index (χ4n) is 3.18. The minimum atomic E-state index is 0.759. The van der Waals surface area contributed by atoms with E-state index in [1.165, 1.54) is 34.9 Å². The minimum Gasteiger partial charge on any atom is -0.379 e. The van der Waals surface area contributed by atoms with Crippen LogP contribution < -0.4 is 5.32 Å². The molecule has 1 aliphatic carbocycles. The molecule has 1 aliphatic rings. The summed E-state index contributed by atoms with van der Waals surface area (Å²) >= 11 is 0. The molecule has 0 amide bonds. The summed E-state index contributed by atoms with van der Waals surface area (Å²) < 4.78 is 5.72. The summed E-state index contributed by atoms with van der Waals surface area (Å²) in [4.78, 5) is 9.88. The van der Waals surface area contributed by atoms with Crippen LogP contribution in [0.2, 0.25) is 0 Å². The zero-order valence-corrected chi connectivity index (χ0v) is 15.6. The van der Waals surface area contributed by atoms with Crippen LogP contribution in [0.3, 0.4) is 0 Å². The second-order valence-corrected chi connectivity index (χ2v) is 6.98. The second-order valence-electron chi connectivity index (χ2n) is 6.98. The van der Waals surface area contributed by atoms with E-state index in [1.54, 1.807) is 0 Å². The maximum absolute atomic E-state index is 5.72. The lowest BCUT2D eigenvalue weighted by Gasteiger charge is -2.22. The Morgan fingerprint density at radius 1 is 1.40 bits per heavy atom. The average molecular weight is 342 g/mol. The third-order valence-corrected chi connectivity index (χ3v) is 4.87. The van der Waals surface area contributed by atoms with Gasteiger partial charge in [-0.2, -0.15) is 0 Å². The molecule has 1 aromatic heterocycles. The molecule has 5 nitrogen and oxygen atoms in total. The molecule has 2 aromatic rings. The van der Waals surface area contributed by atoms with Crippen LogP contribution in [0.25, 0.3) is 10.9 Å². The topological polar surface area (TPSA) is 52.7 Å². The quantitative estimate of drug-likeness (QED) is 0.441. The number of H-pyrrole nitrogens is 1. The van der Waals surface area contributed by atoms with Crippen molar-refractivity contribution < 1.29 is 4.74 Å². The van der Waals surface area contributed by atoms with E-state index in [-0.39, 0.29) is 0 Å². The molecule has 0 unspecified atom stereocenters. The van der Waals surface area contributed by atoms with Crippen LogP contribution in [0.1, 0.15) is 24.0 Å². The van der Waals surface area contributed by atoms with Gasteiger partial charge in [0.25, 0.3) is 0 Å². The smallest absolute Gasteiger partial charge is 0.193 e. The molecule has 1 saturated carbocycles. The highest BCUT2D eigenvalue weighted by Crippen LogP contribution is 2.28. The van der Waals surface area contributed by atoms with E-state index in [9.17, 15) is 0 Å². The lowest BCUT2D eigenvalue weighted by Crippen LogP contribution is -2.41. The zero-order chi connectivity index (χ0) is 17.6. The molecule has 0 radical (unpaired) electrons. The van der Waals surface area contributed by atoms with E-state index in [2.05, 4.69) is 58.6 Å². The number of hydrogen-bond donors (Lipinski definition) is 2. The normalized spacial score (nSPS) is 14.9. The van der Waals surface area contributed by atoms with E-state index in [0.29, 0.717) is 0 Å². The van der Waals surface area contributed by atoms with Crippen molar-refractivity contribution in [1.82, 2.24) is 15.2 Å². The van der Waals surface area contributed by atoms with Gasteiger partial charge < -0.3 is 19.9 Å². The molecule has 0 aliphatic heterocycles. The summed E-state index contributed by atoms with van der Waals surface area (Å²) in [6.45, 7) is 5.57. The zero-order valence-electron chi connectivity index (χ0n) is 15.6. The third kappa shape index (κ3) is 4.75. The summed E-state index contributed by atoms with van der Waals surface area (Å²) in [6.07, 6.45) is 5.77. The van der Waals surface area contributed by atoms with Crippen LogP contribution >= 0.6 is 0 Å². The standard InChI is InChI=1S/C20H30N4O/c1-15-5-4-6-18-19(15)17(13-23-18)9-10-22-20(21-2)24(3)11-12-25-14-16-7-8-16/h4-6,13,16,23H,7-12,14H2,1-3H3,(H,21,22). The van der Waals surface area contributed by atoms with Crippen molar-refractivity contribution in [3.63, 3.8) is 0 Å². The molecule has 25 heavy (non-hydrogen) atoms. The van der Waals surface area contributed by atoms with Gasteiger partial charge in [-0.3, -0.25) is 4.99 Å². The number of rotatable bonds is 8. The first-order chi connectivity index (χ1) is 12.2. The molecule has 0 bridgehead atoms. The van der Waals surface area contributed by atoms with Crippen LogP contribution in [0.15, 0.2) is 29.4 Å². The van der Waals surface area contributed by atoms with Crippen LogP contribution in [-0.2, 0) is 11.2 Å². The number of aromatic amines is 1. The number of aromatic nitrogens is 1. The van der Waals surface area contributed by atoms with Gasteiger partial charge in [-0.1, -0.05) is 12.1 Å². The van der Waals surface area contributed by atoms with Crippen LogP contribution in [-0.4, -0.2) is 56.2 Å². The molecular weight excluding hydrogens is 312 g/mol. The summed E-state index contributed by atoms with van der Waals surface area (Å²) in [6, 6.07) is 6.40. The first-order valence-corrected chi connectivity index (χ1v) is 9.24.